The highest BCUT2D eigenvalue weighted by atomic mass is 19.1. The third-order valence-corrected chi connectivity index (χ3v) is 6.25. The smallest absolute Gasteiger partial charge is 0.300 e. The third-order valence-electron chi connectivity index (χ3n) is 6.25. The minimum Gasteiger partial charge on any atom is -0.507 e. The second-order valence-electron chi connectivity index (χ2n) is 8.30. The zero-order chi connectivity index (χ0) is 24.7. The van der Waals surface area contributed by atoms with Crippen molar-refractivity contribution in [1.82, 2.24) is 0 Å². The topological polar surface area (TPSA) is 93.9 Å². The number of hydrogen-bond donors (Lipinski definition) is 1. The molecule has 2 aliphatic heterocycles. The minimum atomic E-state index is -1.20. The van der Waals surface area contributed by atoms with Crippen LogP contribution in [0.2, 0.25) is 0 Å². The molecule has 3 aromatic rings. The molecule has 174 valence electrons. The molecule has 7 nitrogen and oxygen atoms in total. The van der Waals surface area contributed by atoms with E-state index in [1.54, 1.807) is 24.3 Å². The largest absolute Gasteiger partial charge is 0.507 e. The monoisotopic (exact) mass is 469 g/mol. The molecule has 0 radical (unpaired) electrons. The van der Waals surface area contributed by atoms with Crippen LogP contribution in [0.1, 0.15) is 22.7 Å². The van der Waals surface area contributed by atoms with Gasteiger partial charge in [0.25, 0.3) is 11.7 Å². The van der Waals surface area contributed by atoms with Crippen LogP contribution in [0.15, 0.2) is 72.3 Å². The lowest BCUT2D eigenvalue weighted by atomic mass is 9.94. The number of anilines is 2. The molecule has 0 aromatic heterocycles. The summed E-state index contributed by atoms with van der Waals surface area (Å²) >= 11 is 0. The molecule has 2 aliphatic rings. The second-order valence-corrected chi connectivity index (χ2v) is 8.30. The first-order chi connectivity index (χ1) is 16.9. The van der Waals surface area contributed by atoms with Crippen LogP contribution in [0.25, 0.3) is 5.76 Å². The van der Waals surface area contributed by atoms with Crippen molar-refractivity contribution in [2.24, 2.45) is 0 Å². The molecule has 1 unspecified atom stereocenters. The van der Waals surface area contributed by atoms with E-state index in [9.17, 15) is 19.1 Å². The SMILES string of the molecule is CN1CCOc2ccc(/C(O)=C3\C(=O)C(=O)N(c4ccc(C#N)cc4)C3c3ccccc3F)cc21. The second kappa shape index (κ2) is 8.61. The number of benzene rings is 3. The van der Waals surface area contributed by atoms with E-state index in [2.05, 4.69) is 0 Å². The van der Waals surface area contributed by atoms with Crippen LogP contribution in [0, 0.1) is 17.1 Å². The van der Waals surface area contributed by atoms with E-state index in [1.165, 1.54) is 42.5 Å². The maximum atomic E-state index is 15.0. The van der Waals surface area contributed by atoms with Gasteiger partial charge >= 0.3 is 0 Å². The van der Waals surface area contributed by atoms with Gasteiger partial charge in [-0.15, -0.1) is 0 Å². The average molecular weight is 469 g/mol. The number of fused-ring (bicyclic) bond motifs is 1. The van der Waals surface area contributed by atoms with Crippen LogP contribution in [0.4, 0.5) is 15.8 Å². The Bertz CT molecular complexity index is 1430. The first-order valence-electron chi connectivity index (χ1n) is 10.9. The maximum absolute atomic E-state index is 15.0. The van der Waals surface area contributed by atoms with Gasteiger partial charge in [0.05, 0.1) is 35.5 Å². The van der Waals surface area contributed by atoms with E-state index in [-0.39, 0.29) is 11.1 Å². The first-order valence-corrected chi connectivity index (χ1v) is 10.9. The molecule has 35 heavy (non-hydrogen) atoms. The van der Waals surface area contributed by atoms with E-state index >= 15 is 0 Å². The molecule has 8 heteroatoms. The molecule has 1 fully saturated rings. The normalized spacial score (nSPS) is 18.7. The van der Waals surface area contributed by atoms with E-state index in [0.29, 0.717) is 35.7 Å². The van der Waals surface area contributed by atoms with Crippen LogP contribution < -0.4 is 14.5 Å². The summed E-state index contributed by atoms with van der Waals surface area (Å²) in [5.74, 6) is -2.22. The summed E-state index contributed by atoms with van der Waals surface area (Å²) in [7, 11) is 1.88. The highest BCUT2D eigenvalue weighted by Gasteiger charge is 2.47. The van der Waals surface area contributed by atoms with Crippen molar-refractivity contribution in [3.8, 4) is 11.8 Å². The first kappa shape index (κ1) is 22.2. The molecule has 2 heterocycles. The van der Waals surface area contributed by atoms with Crippen LogP contribution in [0.3, 0.4) is 0 Å². The lowest BCUT2D eigenvalue weighted by molar-refractivity contribution is -0.132. The van der Waals surface area contributed by atoms with Crippen molar-refractivity contribution in [2.75, 3.05) is 30.0 Å². The summed E-state index contributed by atoms with van der Waals surface area (Å²) in [6, 6.07) is 17.6. The Morgan fingerprint density at radius 3 is 2.57 bits per heavy atom. The summed E-state index contributed by atoms with van der Waals surface area (Å²) in [5.41, 5.74) is 1.55. The van der Waals surface area contributed by atoms with Gasteiger partial charge in [0.2, 0.25) is 0 Å². The summed E-state index contributed by atoms with van der Waals surface area (Å²) in [4.78, 5) is 29.6. The molecular formula is C27H20FN3O4. The number of carbonyl (C=O) groups is 2. The molecule has 1 atom stereocenters. The van der Waals surface area contributed by atoms with Gasteiger partial charge in [0, 0.05) is 23.9 Å². The molecule has 0 saturated carbocycles. The molecule has 1 saturated heterocycles. The Balaban J connectivity index is 1.71. The maximum Gasteiger partial charge on any atom is 0.300 e. The number of halogens is 1. The Hall–Kier alpha value is -4.64. The van der Waals surface area contributed by atoms with Gasteiger partial charge in [-0.05, 0) is 48.5 Å². The van der Waals surface area contributed by atoms with Crippen molar-refractivity contribution in [1.29, 1.82) is 5.26 Å². The molecule has 5 rings (SSSR count). The van der Waals surface area contributed by atoms with Crippen molar-refractivity contribution < 1.29 is 23.8 Å². The zero-order valence-electron chi connectivity index (χ0n) is 18.7. The number of likely N-dealkylation sites (N-methyl/N-ethyl adjacent to an activating group) is 1. The summed E-state index contributed by atoms with van der Waals surface area (Å²) in [6.07, 6.45) is 0. The average Bonchev–Trinajstić information content (AvgIpc) is 3.14. The highest BCUT2D eigenvalue weighted by molar-refractivity contribution is 6.51. The van der Waals surface area contributed by atoms with E-state index < -0.39 is 29.3 Å². The van der Waals surface area contributed by atoms with Crippen LogP contribution in [-0.2, 0) is 9.59 Å². The van der Waals surface area contributed by atoms with Gasteiger partial charge in [-0.25, -0.2) is 4.39 Å². The van der Waals surface area contributed by atoms with Crippen molar-refractivity contribution in [2.45, 2.75) is 6.04 Å². The molecule has 0 bridgehead atoms. The Kier molecular flexibility index (Phi) is 5.46. The minimum absolute atomic E-state index is 0.0658. The van der Waals surface area contributed by atoms with Crippen molar-refractivity contribution >= 4 is 28.8 Å². The number of nitrogens with zero attached hydrogens (tertiary/aromatic N) is 3. The lowest BCUT2D eigenvalue weighted by Crippen LogP contribution is -2.29. The zero-order valence-corrected chi connectivity index (χ0v) is 18.7. The number of aliphatic hydroxyl groups excluding tert-OH is 1. The van der Waals surface area contributed by atoms with E-state index in [0.717, 1.165) is 10.6 Å². The van der Waals surface area contributed by atoms with E-state index in [1.807, 2.05) is 18.0 Å². The summed E-state index contributed by atoms with van der Waals surface area (Å²) in [5, 5.41) is 20.4. The fourth-order valence-electron chi connectivity index (χ4n) is 4.44. The Morgan fingerprint density at radius 1 is 1.11 bits per heavy atom. The van der Waals surface area contributed by atoms with Crippen molar-refractivity contribution in [3.05, 3.63) is 94.8 Å². The fourth-order valence-corrected chi connectivity index (χ4v) is 4.44. The van der Waals surface area contributed by atoms with Crippen LogP contribution in [-0.4, -0.2) is 37.0 Å². The van der Waals surface area contributed by atoms with Gasteiger partial charge in [-0.1, -0.05) is 18.2 Å². The molecular weight excluding hydrogens is 449 g/mol. The molecule has 0 spiro atoms. The lowest BCUT2D eigenvalue weighted by Gasteiger charge is -2.28. The fraction of sp³-hybridized carbons (Fsp3) is 0.148. The number of amides is 1. The van der Waals surface area contributed by atoms with Crippen LogP contribution in [0.5, 0.6) is 5.75 Å². The molecule has 0 aliphatic carbocycles. The Morgan fingerprint density at radius 2 is 1.86 bits per heavy atom. The number of rotatable bonds is 3. The summed E-state index contributed by atoms with van der Waals surface area (Å²) in [6.45, 7) is 1.17. The molecule has 1 N–H and O–H groups in total. The number of Topliss-reactive ketones (excluding diaryl/α,β-unsaturated/α-hetero) is 1. The Labute approximate surface area is 200 Å². The van der Waals surface area contributed by atoms with Gasteiger partial charge in [-0.2, -0.15) is 5.26 Å². The number of nitriles is 1. The summed E-state index contributed by atoms with van der Waals surface area (Å²) < 4.78 is 20.7. The van der Waals surface area contributed by atoms with Gasteiger partial charge < -0.3 is 14.7 Å². The number of ketones is 1. The predicted octanol–water partition coefficient (Wildman–Crippen LogP) is 4.15. The number of ether oxygens (including phenoxy) is 1. The predicted molar refractivity (Wildman–Crippen MR) is 128 cm³/mol. The standard InChI is InChI=1S/C27H20FN3O4/c1-30-12-13-35-22-11-8-17(14-21(22)30)25(32)23-24(19-4-2-3-5-20(19)28)31(27(34)26(23)33)18-9-6-16(15-29)7-10-18/h2-11,14,24,32H,12-13H2,1H3/b25-23+. The van der Waals surface area contributed by atoms with Gasteiger partial charge in [0.15, 0.2) is 0 Å². The highest BCUT2D eigenvalue weighted by Crippen LogP contribution is 2.44. The number of aliphatic hydroxyl groups is 1. The van der Waals surface area contributed by atoms with Crippen molar-refractivity contribution in [3.63, 3.8) is 0 Å². The van der Waals surface area contributed by atoms with Crippen LogP contribution >= 0.6 is 0 Å². The molecule has 3 aromatic carbocycles. The number of hydrogen-bond acceptors (Lipinski definition) is 6. The molecule has 1 amide bonds. The number of carbonyl (C=O) groups excluding carboxylic acids is 2. The van der Waals surface area contributed by atoms with Gasteiger partial charge in [0.1, 0.15) is 23.9 Å². The van der Waals surface area contributed by atoms with E-state index in [4.69, 9.17) is 10.00 Å². The quantitative estimate of drug-likeness (QED) is 0.352. The third kappa shape index (κ3) is 3.67. The van der Waals surface area contributed by atoms with Gasteiger partial charge in [-0.3, -0.25) is 14.5 Å².